The largest absolute Gasteiger partial charge is 0.294 e. The Bertz CT molecular complexity index is 338. The van der Waals surface area contributed by atoms with Crippen LogP contribution in [0, 0.1) is 5.82 Å². The SMILES string of the molecule is CC(=O)c1c(Br)ccc(F)c1Cl. The maximum absolute atomic E-state index is 12.8. The van der Waals surface area contributed by atoms with E-state index in [4.69, 9.17) is 11.6 Å². The van der Waals surface area contributed by atoms with Gasteiger partial charge in [-0.3, -0.25) is 4.79 Å². The third-order valence-electron chi connectivity index (χ3n) is 1.40. The highest BCUT2D eigenvalue weighted by Gasteiger charge is 2.13. The van der Waals surface area contributed by atoms with Crippen LogP contribution in [0.3, 0.4) is 0 Å². The molecule has 0 fully saturated rings. The second-order valence-corrected chi connectivity index (χ2v) is 3.51. The van der Waals surface area contributed by atoms with Gasteiger partial charge in [0.2, 0.25) is 0 Å². The lowest BCUT2D eigenvalue weighted by Crippen LogP contribution is -1.96. The van der Waals surface area contributed by atoms with Crippen molar-refractivity contribution >= 4 is 33.3 Å². The minimum absolute atomic E-state index is 0.128. The molecule has 0 aliphatic rings. The fourth-order valence-electron chi connectivity index (χ4n) is 0.850. The molecule has 0 heterocycles. The van der Waals surface area contributed by atoms with E-state index in [0.717, 1.165) is 0 Å². The van der Waals surface area contributed by atoms with Crippen molar-refractivity contribution < 1.29 is 9.18 Å². The summed E-state index contributed by atoms with van der Waals surface area (Å²) in [7, 11) is 0. The van der Waals surface area contributed by atoms with E-state index in [0.29, 0.717) is 4.47 Å². The zero-order chi connectivity index (χ0) is 9.30. The summed E-state index contributed by atoms with van der Waals surface area (Å²) in [5, 5.41) is -0.128. The van der Waals surface area contributed by atoms with Crippen LogP contribution < -0.4 is 0 Å². The zero-order valence-electron chi connectivity index (χ0n) is 6.20. The summed E-state index contributed by atoms with van der Waals surface area (Å²) in [5.41, 5.74) is 0.191. The molecule has 1 aromatic carbocycles. The smallest absolute Gasteiger partial charge is 0.162 e. The number of halogens is 3. The normalized spacial score (nSPS) is 10.0. The zero-order valence-corrected chi connectivity index (χ0v) is 8.54. The molecule has 12 heavy (non-hydrogen) atoms. The number of rotatable bonds is 1. The van der Waals surface area contributed by atoms with Gasteiger partial charge in [-0.15, -0.1) is 0 Å². The highest BCUT2D eigenvalue weighted by molar-refractivity contribution is 9.10. The van der Waals surface area contributed by atoms with Crippen LogP contribution in [0.1, 0.15) is 17.3 Å². The van der Waals surface area contributed by atoms with Crippen LogP contribution in [0.2, 0.25) is 5.02 Å². The molecule has 0 aliphatic carbocycles. The van der Waals surface area contributed by atoms with Crippen LogP contribution in [0.15, 0.2) is 16.6 Å². The Kier molecular flexibility index (Phi) is 2.85. The van der Waals surface area contributed by atoms with Crippen molar-refractivity contribution in [3.05, 3.63) is 33.0 Å². The van der Waals surface area contributed by atoms with Crippen LogP contribution in [0.4, 0.5) is 4.39 Å². The number of Topliss-reactive ketones (excluding diaryl/α,β-unsaturated/α-hetero) is 1. The number of carbonyl (C=O) groups excluding carboxylic acids is 1. The Morgan fingerprint density at radius 2 is 2.17 bits per heavy atom. The Balaban J connectivity index is 3.43. The van der Waals surface area contributed by atoms with Gasteiger partial charge in [-0.1, -0.05) is 11.6 Å². The standard InChI is InChI=1S/C8H5BrClFO/c1-4(12)7-5(9)2-3-6(11)8(7)10/h2-3H,1H3. The molecule has 0 saturated carbocycles. The van der Waals surface area contributed by atoms with Gasteiger partial charge in [-0.05, 0) is 35.0 Å². The Labute approximate surface area is 82.7 Å². The van der Waals surface area contributed by atoms with E-state index in [9.17, 15) is 9.18 Å². The highest BCUT2D eigenvalue weighted by Crippen LogP contribution is 2.27. The summed E-state index contributed by atoms with van der Waals surface area (Å²) in [6.45, 7) is 1.34. The maximum Gasteiger partial charge on any atom is 0.162 e. The van der Waals surface area contributed by atoms with Gasteiger partial charge in [0.1, 0.15) is 5.82 Å². The minimum atomic E-state index is -0.579. The van der Waals surface area contributed by atoms with Crippen molar-refractivity contribution in [1.82, 2.24) is 0 Å². The average molecular weight is 251 g/mol. The van der Waals surface area contributed by atoms with E-state index in [1.54, 1.807) is 0 Å². The van der Waals surface area contributed by atoms with Gasteiger partial charge in [0.25, 0.3) is 0 Å². The van der Waals surface area contributed by atoms with Crippen molar-refractivity contribution in [3.8, 4) is 0 Å². The predicted molar refractivity (Wildman–Crippen MR) is 49.1 cm³/mol. The second-order valence-electron chi connectivity index (χ2n) is 2.27. The van der Waals surface area contributed by atoms with Crippen molar-refractivity contribution in [2.75, 3.05) is 0 Å². The van der Waals surface area contributed by atoms with Gasteiger partial charge in [-0.2, -0.15) is 0 Å². The molecule has 64 valence electrons. The molecule has 1 rings (SSSR count). The number of hydrogen-bond donors (Lipinski definition) is 0. The Hall–Kier alpha value is -0.410. The number of hydrogen-bond acceptors (Lipinski definition) is 1. The Morgan fingerprint density at radius 3 is 2.58 bits per heavy atom. The highest BCUT2D eigenvalue weighted by atomic mass is 79.9. The van der Waals surface area contributed by atoms with Crippen molar-refractivity contribution in [1.29, 1.82) is 0 Å². The van der Waals surface area contributed by atoms with E-state index in [1.807, 2.05) is 0 Å². The third kappa shape index (κ3) is 1.67. The first-order valence-corrected chi connectivity index (χ1v) is 4.35. The first-order chi connectivity index (χ1) is 5.54. The monoisotopic (exact) mass is 250 g/mol. The van der Waals surface area contributed by atoms with Crippen molar-refractivity contribution in [3.63, 3.8) is 0 Å². The average Bonchev–Trinajstić information content (AvgIpc) is 1.97. The summed E-state index contributed by atoms with van der Waals surface area (Å²) >= 11 is 8.68. The molecule has 0 aromatic heterocycles. The maximum atomic E-state index is 12.8. The number of benzene rings is 1. The van der Waals surface area contributed by atoms with E-state index in [1.165, 1.54) is 19.1 Å². The van der Waals surface area contributed by atoms with Gasteiger partial charge in [0.15, 0.2) is 5.78 Å². The molecular formula is C8H5BrClFO. The summed E-state index contributed by atoms with van der Waals surface area (Å²) < 4.78 is 13.3. The van der Waals surface area contributed by atoms with Gasteiger partial charge >= 0.3 is 0 Å². The molecule has 0 amide bonds. The summed E-state index contributed by atoms with van der Waals surface area (Å²) in [4.78, 5) is 11.0. The van der Waals surface area contributed by atoms with Crippen LogP contribution in [0.5, 0.6) is 0 Å². The molecule has 0 bridgehead atoms. The van der Waals surface area contributed by atoms with E-state index in [2.05, 4.69) is 15.9 Å². The third-order valence-corrected chi connectivity index (χ3v) is 2.43. The lowest BCUT2D eigenvalue weighted by Gasteiger charge is -2.02. The van der Waals surface area contributed by atoms with Gasteiger partial charge in [0.05, 0.1) is 10.6 Å². The molecular weight excluding hydrogens is 246 g/mol. The fourth-order valence-corrected chi connectivity index (χ4v) is 1.87. The van der Waals surface area contributed by atoms with E-state index >= 15 is 0 Å². The summed E-state index contributed by atoms with van der Waals surface area (Å²) in [6, 6.07) is 2.66. The van der Waals surface area contributed by atoms with Crippen molar-refractivity contribution in [2.45, 2.75) is 6.92 Å². The van der Waals surface area contributed by atoms with Crippen LogP contribution in [0.25, 0.3) is 0 Å². The first kappa shape index (κ1) is 9.68. The minimum Gasteiger partial charge on any atom is -0.294 e. The summed E-state index contributed by atoms with van der Waals surface area (Å²) in [5.74, 6) is -0.837. The predicted octanol–water partition coefficient (Wildman–Crippen LogP) is 3.44. The van der Waals surface area contributed by atoms with Gasteiger partial charge in [-0.25, -0.2) is 4.39 Å². The van der Waals surface area contributed by atoms with Crippen LogP contribution >= 0.6 is 27.5 Å². The summed E-state index contributed by atoms with van der Waals surface area (Å²) in [6.07, 6.45) is 0. The van der Waals surface area contributed by atoms with Gasteiger partial charge < -0.3 is 0 Å². The lowest BCUT2D eigenvalue weighted by atomic mass is 10.1. The molecule has 0 radical (unpaired) electrons. The molecule has 1 aromatic rings. The molecule has 0 aliphatic heterocycles. The van der Waals surface area contributed by atoms with Crippen LogP contribution in [-0.4, -0.2) is 5.78 Å². The fraction of sp³-hybridized carbons (Fsp3) is 0.125. The molecule has 0 saturated heterocycles. The molecule has 1 nitrogen and oxygen atoms in total. The molecule has 0 unspecified atom stereocenters. The number of ketones is 1. The quantitative estimate of drug-likeness (QED) is 0.552. The van der Waals surface area contributed by atoms with E-state index in [-0.39, 0.29) is 16.4 Å². The molecule has 0 atom stereocenters. The van der Waals surface area contributed by atoms with Crippen molar-refractivity contribution in [2.24, 2.45) is 0 Å². The lowest BCUT2D eigenvalue weighted by molar-refractivity contribution is 0.101. The number of carbonyl (C=O) groups is 1. The second kappa shape index (κ2) is 3.54. The first-order valence-electron chi connectivity index (χ1n) is 3.18. The molecule has 0 N–H and O–H groups in total. The van der Waals surface area contributed by atoms with Crippen LogP contribution in [-0.2, 0) is 0 Å². The molecule has 0 spiro atoms. The van der Waals surface area contributed by atoms with E-state index < -0.39 is 5.82 Å². The molecule has 4 heteroatoms. The Morgan fingerprint density at radius 1 is 1.58 bits per heavy atom. The van der Waals surface area contributed by atoms with Gasteiger partial charge in [0, 0.05) is 4.47 Å². The topological polar surface area (TPSA) is 17.1 Å².